The predicted molar refractivity (Wildman–Crippen MR) is 64.3 cm³/mol. The van der Waals surface area contributed by atoms with Crippen LogP contribution in [0.1, 0.15) is 32.1 Å². The van der Waals surface area contributed by atoms with Gasteiger partial charge in [-0.3, -0.25) is 19.7 Å². The molecule has 6 heteroatoms. The molecule has 1 saturated carbocycles. The van der Waals surface area contributed by atoms with Crippen molar-refractivity contribution in [3.8, 4) is 0 Å². The molecule has 1 aliphatic carbocycles. The highest BCUT2D eigenvalue weighted by atomic mass is 16.2. The first-order valence-corrected chi connectivity index (χ1v) is 6.40. The van der Waals surface area contributed by atoms with Crippen molar-refractivity contribution in [1.82, 2.24) is 10.2 Å². The SMILES string of the molecule is NC1CCCC(CC(=O)N2CC(=O)NC(=O)C2)C1. The molecule has 3 amide bonds. The Morgan fingerprint density at radius 3 is 2.56 bits per heavy atom. The molecule has 0 bridgehead atoms. The van der Waals surface area contributed by atoms with Crippen LogP contribution in [0.5, 0.6) is 0 Å². The second-order valence-electron chi connectivity index (χ2n) is 5.22. The number of nitrogens with one attached hydrogen (secondary N) is 1. The summed E-state index contributed by atoms with van der Waals surface area (Å²) < 4.78 is 0. The number of amides is 3. The molecule has 0 radical (unpaired) electrons. The van der Waals surface area contributed by atoms with Gasteiger partial charge in [-0.2, -0.15) is 0 Å². The number of piperazine rings is 1. The van der Waals surface area contributed by atoms with E-state index in [4.69, 9.17) is 5.73 Å². The van der Waals surface area contributed by atoms with Crippen molar-refractivity contribution < 1.29 is 14.4 Å². The van der Waals surface area contributed by atoms with Crippen LogP contribution in [0.4, 0.5) is 0 Å². The van der Waals surface area contributed by atoms with Gasteiger partial charge in [-0.05, 0) is 25.2 Å². The molecule has 0 aromatic rings. The summed E-state index contributed by atoms with van der Waals surface area (Å²) in [5.74, 6) is -0.626. The quantitative estimate of drug-likeness (QED) is 0.641. The smallest absolute Gasteiger partial charge is 0.246 e. The van der Waals surface area contributed by atoms with Crippen LogP contribution in [0.25, 0.3) is 0 Å². The number of hydrogen-bond acceptors (Lipinski definition) is 4. The number of carbonyl (C=O) groups excluding carboxylic acids is 3. The topological polar surface area (TPSA) is 92.5 Å². The van der Waals surface area contributed by atoms with E-state index in [1.54, 1.807) is 0 Å². The van der Waals surface area contributed by atoms with Crippen LogP contribution < -0.4 is 11.1 Å². The van der Waals surface area contributed by atoms with Crippen LogP contribution in [-0.2, 0) is 14.4 Å². The first-order chi connectivity index (χ1) is 8.54. The Morgan fingerprint density at radius 2 is 1.94 bits per heavy atom. The zero-order valence-electron chi connectivity index (χ0n) is 10.4. The lowest BCUT2D eigenvalue weighted by Gasteiger charge is -2.30. The fourth-order valence-corrected chi connectivity index (χ4v) is 2.71. The number of hydrogen-bond donors (Lipinski definition) is 2. The monoisotopic (exact) mass is 253 g/mol. The van der Waals surface area contributed by atoms with Crippen LogP contribution >= 0.6 is 0 Å². The maximum atomic E-state index is 12.0. The van der Waals surface area contributed by atoms with Crippen LogP contribution in [-0.4, -0.2) is 41.8 Å². The molecule has 2 aliphatic rings. The van der Waals surface area contributed by atoms with Gasteiger partial charge in [0.05, 0.1) is 0 Å². The molecule has 0 aromatic carbocycles. The van der Waals surface area contributed by atoms with E-state index in [-0.39, 0.29) is 25.0 Å². The Kier molecular flexibility index (Phi) is 3.96. The van der Waals surface area contributed by atoms with E-state index >= 15 is 0 Å². The molecular formula is C12H19N3O3. The van der Waals surface area contributed by atoms with Crippen molar-refractivity contribution >= 4 is 17.7 Å². The fraction of sp³-hybridized carbons (Fsp3) is 0.750. The molecule has 1 aliphatic heterocycles. The van der Waals surface area contributed by atoms with Crippen LogP contribution in [0.3, 0.4) is 0 Å². The average molecular weight is 253 g/mol. The van der Waals surface area contributed by atoms with Crippen molar-refractivity contribution in [2.75, 3.05) is 13.1 Å². The van der Waals surface area contributed by atoms with Gasteiger partial charge in [0.25, 0.3) is 0 Å². The van der Waals surface area contributed by atoms with E-state index in [0.29, 0.717) is 12.3 Å². The molecular weight excluding hydrogens is 234 g/mol. The summed E-state index contributed by atoms with van der Waals surface area (Å²) in [4.78, 5) is 35.7. The largest absolute Gasteiger partial charge is 0.328 e. The van der Waals surface area contributed by atoms with Crippen molar-refractivity contribution in [1.29, 1.82) is 0 Å². The van der Waals surface area contributed by atoms with Gasteiger partial charge in [-0.15, -0.1) is 0 Å². The van der Waals surface area contributed by atoms with Gasteiger partial charge in [0, 0.05) is 12.5 Å². The number of nitrogens with two attached hydrogens (primary N) is 1. The van der Waals surface area contributed by atoms with Crippen LogP contribution in [0.2, 0.25) is 0 Å². The van der Waals surface area contributed by atoms with Crippen LogP contribution in [0, 0.1) is 5.92 Å². The lowest BCUT2D eigenvalue weighted by molar-refractivity contribution is -0.146. The van der Waals surface area contributed by atoms with Gasteiger partial charge < -0.3 is 10.6 Å². The minimum atomic E-state index is -0.403. The number of carbonyl (C=O) groups is 3. The maximum Gasteiger partial charge on any atom is 0.246 e. The zero-order chi connectivity index (χ0) is 13.1. The molecule has 3 N–H and O–H groups in total. The van der Waals surface area contributed by atoms with E-state index in [2.05, 4.69) is 5.32 Å². The summed E-state index contributed by atoms with van der Waals surface area (Å²) >= 11 is 0. The Morgan fingerprint density at radius 1 is 1.28 bits per heavy atom. The summed E-state index contributed by atoms with van der Waals surface area (Å²) in [5.41, 5.74) is 5.88. The van der Waals surface area contributed by atoms with Crippen molar-refractivity contribution in [3.05, 3.63) is 0 Å². The standard InChI is InChI=1S/C12H19N3O3/c13-9-3-1-2-8(4-9)5-12(18)15-6-10(16)14-11(17)7-15/h8-9H,1-7,13H2,(H,14,16,17). The highest BCUT2D eigenvalue weighted by Gasteiger charge is 2.29. The van der Waals surface area contributed by atoms with Gasteiger partial charge in [-0.1, -0.05) is 6.42 Å². The molecule has 1 saturated heterocycles. The summed E-state index contributed by atoms with van der Waals surface area (Å²) in [5, 5.41) is 2.18. The summed E-state index contributed by atoms with van der Waals surface area (Å²) in [6.07, 6.45) is 4.34. The summed E-state index contributed by atoms with van der Waals surface area (Å²) in [6, 6.07) is 0.183. The first kappa shape index (κ1) is 13.0. The van der Waals surface area contributed by atoms with E-state index in [9.17, 15) is 14.4 Å². The predicted octanol–water partition coefficient (Wildman–Crippen LogP) is -0.621. The van der Waals surface area contributed by atoms with Gasteiger partial charge in [-0.25, -0.2) is 0 Å². The lowest BCUT2D eigenvalue weighted by atomic mass is 9.84. The van der Waals surface area contributed by atoms with Crippen LogP contribution in [0.15, 0.2) is 0 Å². The third-order valence-corrected chi connectivity index (χ3v) is 3.59. The molecule has 2 fully saturated rings. The molecule has 0 aromatic heterocycles. The number of rotatable bonds is 2. The molecule has 2 rings (SSSR count). The highest BCUT2D eigenvalue weighted by molar-refractivity contribution is 6.02. The Bertz CT molecular complexity index is 354. The summed E-state index contributed by atoms with van der Waals surface area (Å²) in [7, 11) is 0. The normalized spacial score (nSPS) is 29.1. The molecule has 18 heavy (non-hydrogen) atoms. The van der Waals surface area contributed by atoms with Crippen molar-refractivity contribution in [3.63, 3.8) is 0 Å². The van der Waals surface area contributed by atoms with E-state index in [1.165, 1.54) is 4.90 Å². The Balaban J connectivity index is 1.87. The first-order valence-electron chi connectivity index (χ1n) is 6.40. The molecule has 100 valence electrons. The Hall–Kier alpha value is -1.43. The summed E-state index contributed by atoms with van der Waals surface area (Å²) in [6.45, 7) is -0.0211. The van der Waals surface area contributed by atoms with Crippen molar-refractivity contribution in [2.45, 2.75) is 38.1 Å². The molecule has 2 atom stereocenters. The maximum absolute atomic E-state index is 12.0. The van der Waals surface area contributed by atoms with Gasteiger partial charge >= 0.3 is 0 Å². The average Bonchev–Trinajstić information content (AvgIpc) is 2.27. The third-order valence-electron chi connectivity index (χ3n) is 3.59. The number of nitrogens with zero attached hydrogens (tertiary/aromatic N) is 1. The second kappa shape index (κ2) is 5.48. The molecule has 0 spiro atoms. The second-order valence-corrected chi connectivity index (χ2v) is 5.22. The minimum absolute atomic E-state index is 0.0106. The fourth-order valence-electron chi connectivity index (χ4n) is 2.71. The Labute approximate surface area is 106 Å². The number of imide groups is 1. The van der Waals surface area contributed by atoms with Gasteiger partial charge in [0.1, 0.15) is 13.1 Å². The van der Waals surface area contributed by atoms with Gasteiger partial charge in [0.15, 0.2) is 0 Å². The molecule has 6 nitrogen and oxygen atoms in total. The van der Waals surface area contributed by atoms with Gasteiger partial charge in [0.2, 0.25) is 17.7 Å². The van der Waals surface area contributed by atoms with E-state index in [1.807, 2.05) is 0 Å². The lowest BCUT2D eigenvalue weighted by Crippen LogP contribution is -2.53. The van der Waals surface area contributed by atoms with E-state index in [0.717, 1.165) is 25.7 Å². The van der Waals surface area contributed by atoms with Crippen molar-refractivity contribution in [2.24, 2.45) is 11.7 Å². The van der Waals surface area contributed by atoms with E-state index < -0.39 is 11.8 Å². The molecule has 2 unspecified atom stereocenters. The highest BCUT2D eigenvalue weighted by Crippen LogP contribution is 2.26. The zero-order valence-corrected chi connectivity index (χ0v) is 10.4. The minimum Gasteiger partial charge on any atom is -0.328 e. The third kappa shape index (κ3) is 3.29. The molecule has 1 heterocycles.